The van der Waals surface area contributed by atoms with E-state index in [1.165, 1.54) is 23.1 Å². The number of aromatic nitrogens is 3. The first kappa shape index (κ1) is 18.8. The number of carbonyl (C=O) groups excluding carboxylic acids is 1. The van der Waals surface area contributed by atoms with Crippen LogP contribution in [0.4, 0.5) is 5.13 Å². The molecule has 0 saturated heterocycles. The first-order valence-corrected chi connectivity index (χ1v) is 10.3. The number of benzene rings is 1. The van der Waals surface area contributed by atoms with E-state index in [0.29, 0.717) is 27.7 Å². The number of thioether (sulfide) groups is 1. The van der Waals surface area contributed by atoms with Crippen molar-refractivity contribution in [3.05, 3.63) is 40.7 Å². The van der Waals surface area contributed by atoms with Gasteiger partial charge in [0, 0.05) is 4.88 Å². The van der Waals surface area contributed by atoms with E-state index in [0.717, 1.165) is 10.6 Å². The van der Waals surface area contributed by atoms with Crippen molar-refractivity contribution in [2.75, 3.05) is 11.9 Å². The third-order valence-corrected chi connectivity index (χ3v) is 6.03. The number of para-hydroxylation sites is 2. The van der Waals surface area contributed by atoms with Crippen LogP contribution in [0.1, 0.15) is 29.5 Å². The number of nitrogens with zero attached hydrogens (tertiary/aromatic N) is 3. The van der Waals surface area contributed by atoms with Crippen LogP contribution in [0.2, 0.25) is 0 Å². The molecule has 28 heavy (non-hydrogen) atoms. The molecule has 0 radical (unpaired) electrons. The van der Waals surface area contributed by atoms with Crippen LogP contribution in [-0.2, 0) is 4.79 Å². The summed E-state index contributed by atoms with van der Waals surface area (Å²) in [6, 6.07) is 7.41. The lowest BCUT2D eigenvalue weighted by atomic mass is 10.2. The van der Waals surface area contributed by atoms with Gasteiger partial charge in [-0.15, -0.1) is 21.5 Å². The Kier molecular flexibility index (Phi) is 5.23. The van der Waals surface area contributed by atoms with E-state index in [9.17, 15) is 4.79 Å². The molecule has 0 unspecified atom stereocenters. The van der Waals surface area contributed by atoms with Crippen LogP contribution < -0.4 is 14.8 Å². The second-order valence-electron chi connectivity index (χ2n) is 6.18. The van der Waals surface area contributed by atoms with Crippen LogP contribution in [-0.4, -0.2) is 32.9 Å². The molecule has 10 heteroatoms. The average molecular weight is 419 g/mol. The van der Waals surface area contributed by atoms with Crippen molar-refractivity contribution in [3.63, 3.8) is 0 Å². The largest absolute Gasteiger partial charge is 0.485 e. The Morgan fingerprint density at radius 1 is 1.29 bits per heavy atom. The summed E-state index contributed by atoms with van der Waals surface area (Å²) in [5.41, 5.74) is 0.915. The predicted molar refractivity (Wildman–Crippen MR) is 105 cm³/mol. The lowest BCUT2D eigenvalue weighted by Gasteiger charge is -2.23. The number of anilines is 1. The van der Waals surface area contributed by atoms with Crippen molar-refractivity contribution >= 4 is 34.1 Å². The Balaban J connectivity index is 1.37. The van der Waals surface area contributed by atoms with Gasteiger partial charge in [0.2, 0.25) is 12.0 Å². The van der Waals surface area contributed by atoms with E-state index in [-0.39, 0.29) is 12.5 Å². The minimum absolute atomic E-state index is 0.176. The lowest BCUT2D eigenvalue weighted by molar-refractivity contribution is -0.115. The standard InChI is InChI=1S/C18H18N4O4S2/c1-9-10(2)27-17(19-9)20-15(23)11(3)28-18-22-21-16(26-18)14-8-24-12-6-4-5-7-13(12)25-14/h4-7,11,14H,8H2,1-3H3,(H,19,20,23)/t11-,14-/m0/s1. The third kappa shape index (κ3) is 3.97. The highest BCUT2D eigenvalue weighted by Crippen LogP contribution is 2.36. The summed E-state index contributed by atoms with van der Waals surface area (Å²) in [7, 11) is 0. The molecule has 0 spiro atoms. The quantitative estimate of drug-likeness (QED) is 0.625. The summed E-state index contributed by atoms with van der Waals surface area (Å²) in [4.78, 5) is 17.8. The minimum atomic E-state index is -0.484. The van der Waals surface area contributed by atoms with Crippen LogP contribution in [0.25, 0.3) is 0 Å². The van der Waals surface area contributed by atoms with Crippen LogP contribution in [0.15, 0.2) is 33.9 Å². The van der Waals surface area contributed by atoms with Crippen molar-refractivity contribution in [1.82, 2.24) is 15.2 Å². The molecule has 0 bridgehead atoms. The average Bonchev–Trinajstić information content (AvgIpc) is 3.27. The highest BCUT2D eigenvalue weighted by atomic mass is 32.2. The van der Waals surface area contributed by atoms with E-state index in [1.807, 2.05) is 38.1 Å². The number of carbonyl (C=O) groups is 1. The summed E-state index contributed by atoms with van der Waals surface area (Å²) >= 11 is 2.63. The molecule has 8 nitrogen and oxygen atoms in total. The SMILES string of the molecule is Cc1nc(NC(=O)[C@H](C)Sc2nnc([C@@H]3COc4ccccc4O3)o2)sc1C. The van der Waals surface area contributed by atoms with Crippen LogP contribution in [0.5, 0.6) is 11.5 Å². The second-order valence-corrected chi connectivity index (χ2v) is 8.68. The van der Waals surface area contributed by atoms with E-state index in [1.54, 1.807) is 6.92 Å². The molecular weight excluding hydrogens is 400 g/mol. The maximum atomic E-state index is 12.4. The molecule has 146 valence electrons. The molecular formula is C18H18N4O4S2. The Morgan fingerprint density at radius 2 is 2.07 bits per heavy atom. The predicted octanol–water partition coefficient (Wildman–Crippen LogP) is 3.77. The van der Waals surface area contributed by atoms with Crippen LogP contribution >= 0.6 is 23.1 Å². The fourth-order valence-electron chi connectivity index (χ4n) is 2.48. The van der Waals surface area contributed by atoms with Gasteiger partial charge in [-0.05, 0) is 32.9 Å². The van der Waals surface area contributed by atoms with Gasteiger partial charge in [0.25, 0.3) is 11.1 Å². The number of amides is 1. The van der Waals surface area contributed by atoms with Crippen molar-refractivity contribution in [3.8, 4) is 11.5 Å². The summed E-state index contributed by atoms with van der Waals surface area (Å²) in [5.74, 6) is 1.46. The fraction of sp³-hybridized carbons (Fsp3) is 0.333. The molecule has 1 aromatic carbocycles. The van der Waals surface area contributed by atoms with Gasteiger partial charge in [0.15, 0.2) is 16.6 Å². The van der Waals surface area contributed by atoms with Crippen molar-refractivity contribution in [2.24, 2.45) is 0 Å². The topological polar surface area (TPSA) is 99.4 Å². The van der Waals surface area contributed by atoms with Gasteiger partial charge >= 0.3 is 0 Å². The highest BCUT2D eigenvalue weighted by molar-refractivity contribution is 8.00. The molecule has 0 fully saturated rings. The van der Waals surface area contributed by atoms with Crippen molar-refractivity contribution in [2.45, 2.75) is 37.3 Å². The smallest absolute Gasteiger partial charge is 0.277 e. The second kappa shape index (κ2) is 7.80. The third-order valence-electron chi connectivity index (χ3n) is 4.11. The first-order valence-electron chi connectivity index (χ1n) is 8.63. The fourth-order valence-corrected chi connectivity index (χ4v) is 3.98. The van der Waals surface area contributed by atoms with Crippen molar-refractivity contribution < 1.29 is 18.7 Å². The molecule has 1 aliphatic rings. The number of thiazole rings is 1. The van der Waals surface area contributed by atoms with E-state index >= 15 is 0 Å². The summed E-state index contributed by atoms with van der Waals surface area (Å²) in [5, 5.41) is 11.3. The van der Waals surface area contributed by atoms with Gasteiger partial charge in [0.05, 0.1) is 10.9 Å². The van der Waals surface area contributed by atoms with Gasteiger partial charge in [-0.2, -0.15) is 0 Å². The summed E-state index contributed by atoms with van der Waals surface area (Å²) < 4.78 is 17.2. The van der Waals surface area contributed by atoms with Gasteiger partial charge in [-0.1, -0.05) is 23.9 Å². The molecule has 2 aromatic heterocycles. The van der Waals surface area contributed by atoms with E-state index in [4.69, 9.17) is 13.9 Å². The minimum Gasteiger partial charge on any atom is -0.485 e. The Hall–Kier alpha value is -2.59. The number of nitrogens with one attached hydrogen (secondary N) is 1. The highest BCUT2D eigenvalue weighted by Gasteiger charge is 2.28. The Bertz CT molecular complexity index is 984. The van der Waals surface area contributed by atoms with Crippen molar-refractivity contribution in [1.29, 1.82) is 0 Å². The molecule has 1 aliphatic heterocycles. The molecule has 0 saturated carbocycles. The monoisotopic (exact) mass is 418 g/mol. The number of hydrogen-bond donors (Lipinski definition) is 1. The molecule has 0 aliphatic carbocycles. The molecule has 1 amide bonds. The number of hydrogen-bond acceptors (Lipinski definition) is 9. The number of ether oxygens (including phenoxy) is 2. The van der Waals surface area contributed by atoms with Gasteiger partial charge in [0.1, 0.15) is 6.61 Å². The zero-order chi connectivity index (χ0) is 19.7. The van der Waals surface area contributed by atoms with Gasteiger partial charge in [-0.3, -0.25) is 4.79 Å². The lowest BCUT2D eigenvalue weighted by Crippen LogP contribution is -2.22. The number of aryl methyl sites for hydroxylation is 2. The summed E-state index contributed by atoms with van der Waals surface area (Å²) in [6.45, 7) is 5.93. The normalized spacial score (nSPS) is 16.6. The zero-order valence-electron chi connectivity index (χ0n) is 15.5. The molecule has 4 rings (SSSR count). The van der Waals surface area contributed by atoms with Crippen LogP contribution in [0.3, 0.4) is 0 Å². The van der Waals surface area contributed by atoms with Gasteiger partial charge < -0.3 is 19.2 Å². The molecule has 3 heterocycles. The molecule has 1 N–H and O–H groups in total. The first-order chi connectivity index (χ1) is 13.5. The molecule has 3 aromatic rings. The van der Waals surface area contributed by atoms with Gasteiger partial charge in [-0.25, -0.2) is 4.98 Å². The Labute approximate surface area is 169 Å². The maximum Gasteiger partial charge on any atom is 0.277 e. The molecule has 2 atom stereocenters. The summed E-state index contributed by atoms with van der Waals surface area (Å²) in [6.07, 6.45) is -0.484. The zero-order valence-corrected chi connectivity index (χ0v) is 17.1. The maximum absolute atomic E-state index is 12.4. The number of fused-ring (bicyclic) bond motifs is 1. The van der Waals surface area contributed by atoms with E-state index < -0.39 is 11.4 Å². The Morgan fingerprint density at radius 3 is 2.82 bits per heavy atom. The van der Waals surface area contributed by atoms with Crippen LogP contribution in [0, 0.1) is 13.8 Å². The number of rotatable bonds is 5. The van der Waals surface area contributed by atoms with E-state index in [2.05, 4.69) is 20.5 Å².